The minimum Gasteiger partial charge on any atom is -0.456 e. The quantitative estimate of drug-likeness (QED) is 0.660. The Bertz CT molecular complexity index is 940. The van der Waals surface area contributed by atoms with E-state index >= 15 is 0 Å². The zero-order valence-corrected chi connectivity index (χ0v) is 14.4. The van der Waals surface area contributed by atoms with E-state index in [1.54, 1.807) is 50.2 Å². The topological polar surface area (TPSA) is 57.0 Å². The van der Waals surface area contributed by atoms with Crippen LogP contribution >= 0.6 is 11.6 Å². The summed E-state index contributed by atoms with van der Waals surface area (Å²) in [5, 5.41) is 8.36. The zero-order valence-electron chi connectivity index (χ0n) is 13.7. The van der Waals surface area contributed by atoms with E-state index in [1.165, 1.54) is 10.7 Å². The van der Waals surface area contributed by atoms with Gasteiger partial charge in [-0.1, -0.05) is 35.0 Å². The van der Waals surface area contributed by atoms with Crippen LogP contribution in [-0.2, 0) is 11.3 Å². The maximum Gasteiger partial charge on any atom is 0.361 e. The Labute approximate surface area is 149 Å². The molecule has 1 aromatic heterocycles. The Kier molecular flexibility index (Phi) is 4.81. The van der Waals surface area contributed by atoms with Crippen molar-refractivity contribution in [1.82, 2.24) is 15.0 Å². The third-order valence-corrected chi connectivity index (χ3v) is 3.98. The number of rotatable bonds is 4. The summed E-state index contributed by atoms with van der Waals surface area (Å²) in [6.07, 6.45) is 0. The van der Waals surface area contributed by atoms with Crippen LogP contribution < -0.4 is 0 Å². The van der Waals surface area contributed by atoms with Crippen LogP contribution in [0.25, 0.3) is 5.69 Å². The average molecular weight is 360 g/mol. The van der Waals surface area contributed by atoms with E-state index in [2.05, 4.69) is 10.3 Å². The lowest BCUT2D eigenvalue weighted by Gasteiger charge is -2.06. The molecular weight excluding hydrogens is 345 g/mol. The Morgan fingerprint density at radius 1 is 1.24 bits per heavy atom. The normalized spacial score (nSPS) is 10.7. The van der Waals surface area contributed by atoms with Gasteiger partial charge >= 0.3 is 5.97 Å². The summed E-state index contributed by atoms with van der Waals surface area (Å²) in [6.45, 7) is 3.42. The molecule has 0 amide bonds. The lowest BCUT2D eigenvalue weighted by atomic mass is 10.2. The van der Waals surface area contributed by atoms with Gasteiger partial charge in [0.2, 0.25) is 0 Å². The molecule has 3 aromatic rings. The summed E-state index contributed by atoms with van der Waals surface area (Å²) >= 11 is 5.90. The minimum absolute atomic E-state index is 0.0743. The third-order valence-electron chi connectivity index (χ3n) is 3.75. The van der Waals surface area contributed by atoms with E-state index in [0.717, 1.165) is 5.56 Å². The van der Waals surface area contributed by atoms with Gasteiger partial charge in [-0.25, -0.2) is 13.9 Å². The second-order valence-corrected chi connectivity index (χ2v) is 6.01. The van der Waals surface area contributed by atoms with Crippen molar-refractivity contribution in [3.05, 3.63) is 75.8 Å². The molecule has 0 saturated heterocycles. The fourth-order valence-corrected chi connectivity index (χ4v) is 2.53. The van der Waals surface area contributed by atoms with Crippen molar-refractivity contribution in [1.29, 1.82) is 0 Å². The second-order valence-electron chi connectivity index (χ2n) is 5.57. The number of esters is 1. The molecule has 128 valence electrons. The van der Waals surface area contributed by atoms with Crippen LogP contribution in [0.2, 0.25) is 5.02 Å². The molecule has 0 fully saturated rings. The van der Waals surface area contributed by atoms with Gasteiger partial charge in [-0.05, 0) is 49.2 Å². The number of aromatic nitrogens is 3. The number of nitrogens with zero attached hydrogens (tertiary/aromatic N) is 3. The van der Waals surface area contributed by atoms with Crippen molar-refractivity contribution < 1.29 is 13.9 Å². The molecule has 7 heteroatoms. The number of hydrogen-bond acceptors (Lipinski definition) is 4. The molecule has 0 aliphatic heterocycles. The van der Waals surface area contributed by atoms with Crippen LogP contribution in [0.4, 0.5) is 4.39 Å². The number of carbonyl (C=O) groups excluding carboxylic acids is 1. The number of aryl methyl sites for hydroxylation is 1. The largest absolute Gasteiger partial charge is 0.456 e. The fourth-order valence-electron chi connectivity index (χ4n) is 2.32. The Morgan fingerprint density at radius 2 is 2.04 bits per heavy atom. The van der Waals surface area contributed by atoms with Crippen LogP contribution in [-0.4, -0.2) is 21.0 Å². The van der Waals surface area contributed by atoms with Crippen LogP contribution in [0.15, 0.2) is 42.5 Å². The van der Waals surface area contributed by atoms with Gasteiger partial charge in [0.25, 0.3) is 0 Å². The Morgan fingerprint density at radius 3 is 2.76 bits per heavy atom. The second kappa shape index (κ2) is 7.03. The van der Waals surface area contributed by atoms with E-state index in [0.29, 0.717) is 22.0 Å². The first-order chi connectivity index (χ1) is 12.0. The molecule has 0 aliphatic carbocycles. The van der Waals surface area contributed by atoms with Crippen molar-refractivity contribution >= 4 is 17.6 Å². The minimum atomic E-state index is -0.601. The van der Waals surface area contributed by atoms with Crippen LogP contribution in [0.3, 0.4) is 0 Å². The molecule has 2 aromatic carbocycles. The SMILES string of the molecule is Cc1ccc(-n2nnc(C(=O)OCc3cccc(Cl)c3)c2C)cc1F. The molecule has 0 bridgehead atoms. The molecule has 1 heterocycles. The maximum atomic E-state index is 13.7. The number of ether oxygens (including phenoxy) is 1. The predicted octanol–water partition coefficient (Wildman–Crippen LogP) is 4.03. The molecule has 0 N–H and O–H groups in total. The Balaban J connectivity index is 1.78. The van der Waals surface area contributed by atoms with E-state index in [4.69, 9.17) is 16.3 Å². The van der Waals surface area contributed by atoms with E-state index in [-0.39, 0.29) is 18.1 Å². The summed E-state index contributed by atoms with van der Waals surface area (Å²) in [7, 11) is 0. The predicted molar refractivity (Wildman–Crippen MR) is 91.4 cm³/mol. The molecule has 25 heavy (non-hydrogen) atoms. The first-order valence-corrected chi connectivity index (χ1v) is 7.94. The highest BCUT2D eigenvalue weighted by molar-refractivity contribution is 6.30. The third kappa shape index (κ3) is 3.69. The van der Waals surface area contributed by atoms with E-state index in [1.807, 2.05) is 0 Å². The monoisotopic (exact) mass is 359 g/mol. The maximum absolute atomic E-state index is 13.7. The highest BCUT2D eigenvalue weighted by Crippen LogP contribution is 2.17. The highest BCUT2D eigenvalue weighted by atomic mass is 35.5. The number of carbonyl (C=O) groups is 1. The van der Waals surface area contributed by atoms with Crippen LogP contribution in [0.5, 0.6) is 0 Å². The van der Waals surface area contributed by atoms with Crippen molar-refractivity contribution in [3.8, 4) is 5.69 Å². The van der Waals surface area contributed by atoms with Crippen molar-refractivity contribution in [2.45, 2.75) is 20.5 Å². The summed E-state index contributed by atoms with van der Waals surface area (Å²) < 4.78 is 20.4. The van der Waals surface area contributed by atoms with Crippen LogP contribution in [0.1, 0.15) is 27.3 Å². The zero-order chi connectivity index (χ0) is 18.0. The van der Waals surface area contributed by atoms with Gasteiger partial charge in [-0.2, -0.15) is 0 Å². The standard InChI is InChI=1S/C18H15ClFN3O2/c1-11-6-7-15(9-16(11)20)23-12(2)17(21-22-23)18(24)25-10-13-4-3-5-14(19)8-13/h3-9H,10H2,1-2H3. The molecular formula is C18H15ClFN3O2. The van der Waals surface area contributed by atoms with Gasteiger partial charge in [0.05, 0.1) is 11.4 Å². The fraction of sp³-hybridized carbons (Fsp3) is 0.167. The molecule has 5 nitrogen and oxygen atoms in total. The van der Waals surface area contributed by atoms with Gasteiger partial charge in [0.1, 0.15) is 12.4 Å². The Hall–Kier alpha value is -2.73. The summed E-state index contributed by atoms with van der Waals surface area (Å²) in [6, 6.07) is 11.7. The van der Waals surface area contributed by atoms with E-state index < -0.39 is 5.97 Å². The molecule has 3 rings (SSSR count). The van der Waals surface area contributed by atoms with Gasteiger partial charge in [0.15, 0.2) is 5.69 Å². The molecule has 0 radical (unpaired) electrons. The lowest BCUT2D eigenvalue weighted by Crippen LogP contribution is -2.08. The van der Waals surface area contributed by atoms with Crippen molar-refractivity contribution in [2.24, 2.45) is 0 Å². The molecule has 0 unspecified atom stereocenters. The van der Waals surface area contributed by atoms with Gasteiger partial charge in [0, 0.05) is 5.02 Å². The smallest absolute Gasteiger partial charge is 0.361 e. The summed E-state index contributed by atoms with van der Waals surface area (Å²) in [4.78, 5) is 12.2. The summed E-state index contributed by atoms with van der Waals surface area (Å²) in [5.41, 5.74) is 2.35. The molecule has 0 saturated carbocycles. The van der Waals surface area contributed by atoms with E-state index in [9.17, 15) is 9.18 Å². The lowest BCUT2D eigenvalue weighted by molar-refractivity contribution is 0.0464. The van der Waals surface area contributed by atoms with Gasteiger partial charge in [-0.3, -0.25) is 0 Å². The first-order valence-electron chi connectivity index (χ1n) is 7.56. The van der Waals surface area contributed by atoms with Crippen LogP contribution in [0, 0.1) is 19.7 Å². The number of halogens is 2. The highest BCUT2D eigenvalue weighted by Gasteiger charge is 2.19. The van der Waals surface area contributed by atoms with Crippen molar-refractivity contribution in [2.75, 3.05) is 0 Å². The molecule has 0 aliphatic rings. The molecule has 0 atom stereocenters. The number of hydrogen-bond donors (Lipinski definition) is 0. The first kappa shape index (κ1) is 17.1. The van der Waals surface area contributed by atoms with Gasteiger partial charge in [-0.15, -0.1) is 5.10 Å². The summed E-state index contributed by atoms with van der Waals surface area (Å²) in [5.74, 6) is -0.950. The van der Waals surface area contributed by atoms with Gasteiger partial charge < -0.3 is 4.74 Å². The van der Waals surface area contributed by atoms with Crippen molar-refractivity contribution in [3.63, 3.8) is 0 Å². The molecule has 0 spiro atoms. The number of benzene rings is 2. The average Bonchev–Trinajstić information content (AvgIpc) is 2.97.